The summed E-state index contributed by atoms with van der Waals surface area (Å²) in [6.45, 7) is 11.2. The van der Waals surface area contributed by atoms with Gasteiger partial charge in [-0.05, 0) is 40.0 Å². The van der Waals surface area contributed by atoms with E-state index in [1.54, 1.807) is 6.92 Å². The van der Waals surface area contributed by atoms with Crippen molar-refractivity contribution in [1.29, 1.82) is 0 Å². The molecule has 9 heteroatoms. The van der Waals surface area contributed by atoms with Gasteiger partial charge in [0.1, 0.15) is 11.6 Å². The molecule has 2 amide bonds. The molecule has 0 aromatic rings. The Kier molecular flexibility index (Phi) is 6.81. The molecule has 3 heterocycles. The van der Waals surface area contributed by atoms with Crippen LogP contribution >= 0.6 is 15.9 Å². The number of carbonyl (C=O) groups excluding carboxylic acids is 3. The largest absolute Gasteiger partial charge is 0.466 e. The topological polar surface area (TPSA) is 105 Å². The van der Waals surface area contributed by atoms with Crippen molar-refractivity contribution < 1.29 is 29.0 Å². The molecule has 3 aliphatic heterocycles. The molecule has 3 rings (SSSR count). The maximum absolute atomic E-state index is 13.8. The van der Waals surface area contributed by atoms with E-state index in [9.17, 15) is 19.5 Å². The lowest BCUT2D eigenvalue weighted by molar-refractivity contribution is -0.155. The Balaban J connectivity index is 2.11. The van der Waals surface area contributed by atoms with E-state index in [2.05, 4.69) is 21.2 Å². The Morgan fingerprint density at radius 3 is 2.55 bits per heavy atom. The molecule has 3 saturated heterocycles. The molecular weight excluding hydrogens is 468 g/mol. The van der Waals surface area contributed by atoms with Gasteiger partial charge in [-0.2, -0.15) is 0 Å². The summed E-state index contributed by atoms with van der Waals surface area (Å²) in [5, 5.41) is 13.2. The molecule has 2 N–H and O–H groups in total. The van der Waals surface area contributed by atoms with Crippen molar-refractivity contribution in [3.05, 3.63) is 0 Å². The van der Waals surface area contributed by atoms with Crippen molar-refractivity contribution in [1.82, 2.24) is 10.2 Å². The number of aliphatic hydroxyl groups excluding tert-OH is 1. The number of fused-ring (bicyclic) bond motifs is 1. The summed E-state index contributed by atoms with van der Waals surface area (Å²) in [7, 11) is 0. The molecule has 0 aromatic carbocycles. The summed E-state index contributed by atoms with van der Waals surface area (Å²) in [5.41, 5.74) is -1.65. The van der Waals surface area contributed by atoms with Gasteiger partial charge in [0.15, 0.2) is 0 Å². The lowest BCUT2D eigenvalue weighted by Gasteiger charge is -2.40. The average molecular weight is 503 g/mol. The van der Waals surface area contributed by atoms with Gasteiger partial charge in [0.05, 0.1) is 37.2 Å². The van der Waals surface area contributed by atoms with Crippen LogP contribution in [0, 0.1) is 17.8 Å². The average Bonchev–Trinajstić information content (AvgIpc) is 3.25. The minimum atomic E-state index is -1.14. The van der Waals surface area contributed by atoms with Gasteiger partial charge in [-0.1, -0.05) is 36.2 Å². The molecule has 176 valence electrons. The van der Waals surface area contributed by atoms with Gasteiger partial charge < -0.3 is 24.8 Å². The summed E-state index contributed by atoms with van der Waals surface area (Å²) < 4.78 is 11.7. The first-order valence-corrected chi connectivity index (χ1v) is 12.1. The molecular formula is C22H35BrN2O6. The van der Waals surface area contributed by atoms with E-state index >= 15 is 0 Å². The summed E-state index contributed by atoms with van der Waals surface area (Å²) in [6, 6.07) is -1.48. The standard InChI is InChI=1S/C22H35BrN2O6/c1-7-11(3)13(10-26)25-17(18(27)24-21(4,5)6)22-9-12(23)16(31-22)14(15(22)19(25)28)20(29)30-8-2/h11-17,26H,7-10H2,1-6H3,(H,24,27)/t11-,12?,13-,14+,15-,16+,17?,22?/m0/s1. The van der Waals surface area contributed by atoms with Crippen LogP contribution in [0.5, 0.6) is 0 Å². The van der Waals surface area contributed by atoms with E-state index in [1.807, 2.05) is 34.6 Å². The van der Waals surface area contributed by atoms with Crippen LogP contribution in [0.2, 0.25) is 0 Å². The van der Waals surface area contributed by atoms with Gasteiger partial charge >= 0.3 is 5.97 Å². The zero-order valence-electron chi connectivity index (χ0n) is 19.2. The predicted octanol–water partition coefficient (Wildman–Crippen LogP) is 1.62. The highest BCUT2D eigenvalue weighted by atomic mass is 79.9. The fourth-order valence-corrected chi connectivity index (χ4v) is 6.43. The molecule has 31 heavy (non-hydrogen) atoms. The quantitative estimate of drug-likeness (QED) is 0.404. The highest BCUT2D eigenvalue weighted by Crippen LogP contribution is 2.60. The fourth-order valence-electron chi connectivity index (χ4n) is 5.48. The van der Waals surface area contributed by atoms with Crippen molar-refractivity contribution >= 4 is 33.7 Å². The minimum Gasteiger partial charge on any atom is -0.466 e. The van der Waals surface area contributed by atoms with E-state index in [0.29, 0.717) is 6.42 Å². The van der Waals surface area contributed by atoms with Crippen LogP contribution in [-0.2, 0) is 23.9 Å². The van der Waals surface area contributed by atoms with Crippen molar-refractivity contribution in [3.8, 4) is 0 Å². The van der Waals surface area contributed by atoms with Gasteiger partial charge in [-0.25, -0.2) is 0 Å². The second-order valence-electron chi connectivity index (χ2n) is 10.0. The van der Waals surface area contributed by atoms with Gasteiger partial charge in [0.2, 0.25) is 11.8 Å². The summed E-state index contributed by atoms with van der Waals surface area (Å²) in [6.07, 6.45) is 0.629. The Morgan fingerprint density at radius 2 is 2.03 bits per heavy atom. The molecule has 0 radical (unpaired) electrons. The van der Waals surface area contributed by atoms with Crippen molar-refractivity contribution in [2.24, 2.45) is 17.8 Å². The minimum absolute atomic E-state index is 0.0351. The van der Waals surface area contributed by atoms with Crippen molar-refractivity contribution in [3.63, 3.8) is 0 Å². The molecule has 0 aliphatic carbocycles. The Morgan fingerprint density at radius 1 is 1.39 bits per heavy atom. The summed E-state index contributed by atoms with van der Waals surface area (Å²) in [5.74, 6) is -2.73. The van der Waals surface area contributed by atoms with Crippen molar-refractivity contribution in [2.75, 3.05) is 13.2 Å². The predicted molar refractivity (Wildman–Crippen MR) is 117 cm³/mol. The third-order valence-electron chi connectivity index (χ3n) is 6.88. The van der Waals surface area contributed by atoms with Crippen LogP contribution in [-0.4, -0.2) is 75.2 Å². The number of rotatable bonds is 7. The summed E-state index contributed by atoms with van der Waals surface area (Å²) >= 11 is 3.62. The SMILES string of the molecule is CCOC(=O)[C@H]1[C@@H]2OC3(CC2Br)C(C(=O)NC(C)(C)C)N([C@@H](CO)[C@@H](C)CC)C(=O)[C@H]13. The van der Waals surface area contributed by atoms with Gasteiger partial charge in [-0.3, -0.25) is 14.4 Å². The van der Waals surface area contributed by atoms with Crippen LogP contribution in [0.3, 0.4) is 0 Å². The van der Waals surface area contributed by atoms with Gasteiger partial charge in [0, 0.05) is 10.4 Å². The number of alkyl halides is 1. The lowest BCUT2D eigenvalue weighted by Crippen LogP contribution is -2.61. The number of carbonyl (C=O) groups is 3. The third-order valence-corrected chi connectivity index (χ3v) is 7.72. The van der Waals surface area contributed by atoms with Crippen LogP contribution in [0.4, 0.5) is 0 Å². The number of aliphatic hydroxyl groups is 1. The molecule has 0 aromatic heterocycles. The zero-order valence-corrected chi connectivity index (χ0v) is 20.8. The highest BCUT2D eigenvalue weighted by Gasteiger charge is 2.77. The molecule has 8 atom stereocenters. The smallest absolute Gasteiger partial charge is 0.312 e. The van der Waals surface area contributed by atoms with Crippen molar-refractivity contribution in [2.45, 2.75) is 88.5 Å². The third kappa shape index (κ3) is 3.91. The number of nitrogens with zero attached hydrogens (tertiary/aromatic N) is 1. The fraction of sp³-hybridized carbons (Fsp3) is 0.864. The molecule has 3 unspecified atom stereocenters. The van der Waals surface area contributed by atoms with Crippen LogP contribution in [0.1, 0.15) is 54.4 Å². The molecule has 8 nitrogen and oxygen atoms in total. The van der Waals surface area contributed by atoms with Gasteiger partial charge in [-0.15, -0.1) is 0 Å². The monoisotopic (exact) mass is 502 g/mol. The van der Waals surface area contributed by atoms with Crippen LogP contribution < -0.4 is 5.32 Å². The molecule has 1 spiro atoms. The Hall–Kier alpha value is -1.19. The first kappa shape index (κ1) is 24.5. The number of esters is 1. The van der Waals surface area contributed by atoms with E-state index in [1.165, 1.54) is 4.90 Å². The van der Waals surface area contributed by atoms with E-state index in [-0.39, 0.29) is 35.8 Å². The zero-order chi connectivity index (χ0) is 23.3. The normalized spacial score (nSPS) is 36.3. The van der Waals surface area contributed by atoms with E-state index in [0.717, 1.165) is 6.42 Å². The lowest BCUT2D eigenvalue weighted by atomic mass is 9.70. The molecule has 3 fully saturated rings. The Labute approximate surface area is 192 Å². The van der Waals surface area contributed by atoms with Crippen LogP contribution in [0.25, 0.3) is 0 Å². The maximum Gasteiger partial charge on any atom is 0.312 e. The molecule has 2 bridgehead atoms. The number of halogens is 1. The number of likely N-dealkylation sites (tertiary alicyclic amines) is 1. The Bertz CT molecular complexity index is 740. The number of hydrogen-bond acceptors (Lipinski definition) is 6. The maximum atomic E-state index is 13.8. The second-order valence-corrected chi connectivity index (χ2v) is 11.2. The first-order valence-electron chi connectivity index (χ1n) is 11.2. The number of hydrogen-bond donors (Lipinski definition) is 2. The summed E-state index contributed by atoms with van der Waals surface area (Å²) in [4.78, 5) is 41.6. The van der Waals surface area contributed by atoms with Crippen LogP contribution in [0.15, 0.2) is 0 Å². The number of nitrogens with one attached hydrogen (secondary N) is 1. The van der Waals surface area contributed by atoms with Gasteiger partial charge in [0.25, 0.3) is 0 Å². The number of amides is 2. The molecule has 0 saturated carbocycles. The van der Waals surface area contributed by atoms with E-state index in [4.69, 9.17) is 9.47 Å². The number of ether oxygens (including phenoxy) is 2. The second kappa shape index (κ2) is 8.63. The highest BCUT2D eigenvalue weighted by molar-refractivity contribution is 9.09. The van der Waals surface area contributed by atoms with E-state index < -0.39 is 47.1 Å². The molecule has 3 aliphatic rings. The first-order chi connectivity index (χ1) is 14.4.